The van der Waals surface area contributed by atoms with Crippen LogP contribution in [0.3, 0.4) is 0 Å². The van der Waals surface area contributed by atoms with Gasteiger partial charge >= 0.3 is 0 Å². The van der Waals surface area contributed by atoms with Gasteiger partial charge in [-0.2, -0.15) is 0 Å². The van der Waals surface area contributed by atoms with E-state index in [1.165, 1.54) is 47.7 Å². The fraction of sp³-hybridized carbons (Fsp3) is 0.0196. The highest BCUT2D eigenvalue weighted by Crippen LogP contribution is 2.44. The summed E-state index contributed by atoms with van der Waals surface area (Å²) in [6, 6.07) is 64.2. The largest absolute Gasteiger partial charge is 0.455 e. The van der Waals surface area contributed by atoms with Crippen LogP contribution >= 0.6 is 11.3 Å². The third kappa shape index (κ3) is 5.01. The van der Waals surface area contributed by atoms with Crippen LogP contribution in [0.15, 0.2) is 196 Å². The molecule has 0 aliphatic carbocycles. The molecule has 0 saturated heterocycles. The Balaban J connectivity index is 0.995. The van der Waals surface area contributed by atoms with Crippen LogP contribution in [0.25, 0.3) is 80.7 Å². The van der Waals surface area contributed by atoms with Gasteiger partial charge in [-0.3, -0.25) is 0 Å². The van der Waals surface area contributed by atoms with E-state index in [-0.39, 0.29) is 0 Å². The van der Waals surface area contributed by atoms with Crippen molar-refractivity contribution < 1.29 is 4.42 Å². The maximum Gasteiger partial charge on any atom is 0.159 e. The Morgan fingerprint density at radius 3 is 1.91 bits per heavy atom. The molecule has 11 aromatic rings. The summed E-state index contributed by atoms with van der Waals surface area (Å²) in [5.41, 5.74) is 10.4. The minimum Gasteiger partial charge on any atom is -0.455 e. The number of thiophene rings is 1. The molecule has 0 fully saturated rings. The van der Waals surface area contributed by atoms with E-state index < -0.39 is 6.17 Å². The quantitative estimate of drug-likeness (QED) is 0.191. The molecule has 6 heteroatoms. The number of furan rings is 1. The smallest absolute Gasteiger partial charge is 0.159 e. The lowest BCUT2D eigenvalue weighted by Crippen LogP contribution is -2.33. The third-order valence-electron chi connectivity index (χ3n) is 11.3. The predicted octanol–water partition coefficient (Wildman–Crippen LogP) is 13.2. The van der Waals surface area contributed by atoms with Crippen molar-refractivity contribution in [1.29, 1.82) is 0 Å². The van der Waals surface area contributed by atoms with Crippen LogP contribution in [0.4, 0.5) is 0 Å². The average Bonchev–Trinajstić information content (AvgIpc) is 3.96. The molecule has 268 valence electrons. The molecular weight excluding hydrogens is 717 g/mol. The number of hydrogen-bond acceptors (Lipinski definition) is 5. The van der Waals surface area contributed by atoms with Gasteiger partial charge in [0.05, 0.1) is 21.4 Å². The first kappa shape index (κ1) is 32.0. The summed E-state index contributed by atoms with van der Waals surface area (Å²) in [6.07, 6.45) is -0.403. The highest BCUT2D eigenvalue weighted by atomic mass is 32.1. The second-order valence-corrected chi connectivity index (χ2v) is 15.6. The van der Waals surface area contributed by atoms with Crippen molar-refractivity contribution in [2.24, 2.45) is 9.98 Å². The molecule has 0 spiro atoms. The first-order valence-electron chi connectivity index (χ1n) is 19.2. The molecule has 5 nitrogen and oxygen atoms in total. The Morgan fingerprint density at radius 1 is 0.509 bits per heavy atom. The predicted molar refractivity (Wildman–Crippen MR) is 238 cm³/mol. The maximum atomic E-state index is 6.98. The number of nitrogens with one attached hydrogen (secondary N) is 1. The summed E-state index contributed by atoms with van der Waals surface area (Å²) in [4.78, 5) is 10.2. The van der Waals surface area contributed by atoms with E-state index in [4.69, 9.17) is 14.4 Å². The molecule has 57 heavy (non-hydrogen) atoms. The van der Waals surface area contributed by atoms with E-state index in [1.54, 1.807) is 0 Å². The molecule has 12 rings (SSSR count). The van der Waals surface area contributed by atoms with E-state index in [0.29, 0.717) is 5.84 Å². The van der Waals surface area contributed by atoms with Crippen molar-refractivity contribution in [2.75, 3.05) is 0 Å². The summed E-state index contributed by atoms with van der Waals surface area (Å²) in [5.74, 6) is 1.46. The van der Waals surface area contributed by atoms with Crippen molar-refractivity contribution in [3.05, 3.63) is 199 Å². The van der Waals surface area contributed by atoms with E-state index in [9.17, 15) is 0 Å². The fourth-order valence-corrected chi connectivity index (χ4v) is 9.91. The number of amidine groups is 2. The number of nitrogens with zero attached hydrogens (tertiary/aromatic N) is 3. The SMILES string of the molecule is c1ccc(C2=NC(c3cccc4c3oc3c(-c5ccc6c(c5)sc5c(-n7c8ccccc8c8ccccc87)cccc56)cccc34)NC(c3ccccc3)=N2)cc1. The second-order valence-electron chi connectivity index (χ2n) is 14.5. The van der Waals surface area contributed by atoms with Gasteiger partial charge in [-0.25, -0.2) is 9.98 Å². The van der Waals surface area contributed by atoms with Crippen LogP contribution in [0.1, 0.15) is 22.9 Å². The van der Waals surface area contributed by atoms with Gasteiger partial charge in [0.15, 0.2) is 12.0 Å². The number of para-hydroxylation sites is 4. The minimum atomic E-state index is -0.403. The molecule has 1 atom stereocenters. The molecule has 3 aromatic heterocycles. The summed E-state index contributed by atoms with van der Waals surface area (Å²) in [5, 5.41) is 10.8. The maximum absolute atomic E-state index is 6.98. The highest BCUT2D eigenvalue weighted by molar-refractivity contribution is 7.26. The molecule has 0 radical (unpaired) electrons. The normalized spacial score (nSPS) is 14.5. The van der Waals surface area contributed by atoms with E-state index in [0.717, 1.165) is 55.6 Å². The fourth-order valence-electron chi connectivity index (χ4n) is 8.66. The van der Waals surface area contributed by atoms with Gasteiger partial charge < -0.3 is 14.3 Å². The van der Waals surface area contributed by atoms with Gasteiger partial charge in [0.2, 0.25) is 0 Å². The Bertz CT molecular complexity index is 3390. The lowest BCUT2D eigenvalue weighted by molar-refractivity contribution is 0.629. The van der Waals surface area contributed by atoms with Crippen LogP contribution in [0.2, 0.25) is 0 Å². The number of rotatable bonds is 5. The third-order valence-corrected chi connectivity index (χ3v) is 12.5. The van der Waals surface area contributed by atoms with Crippen molar-refractivity contribution in [3.8, 4) is 16.8 Å². The molecule has 0 saturated carbocycles. The molecule has 8 aromatic carbocycles. The Kier molecular flexibility index (Phi) is 7.09. The van der Waals surface area contributed by atoms with Crippen LogP contribution < -0.4 is 5.32 Å². The molecule has 1 unspecified atom stereocenters. The number of fused-ring (bicyclic) bond motifs is 9. The van der Waals surface area contributed by atoms with Gasteiger partial charge in [0, 0.05) is 59.3 Å². The van der Waals surface area contributed by atoms with E-state index >= 15 is 0 Å². The van der Waals surface area contributed by atoms with E-state index in [2.05, 4.69) is 155 Å². The monoisotopic (exact) mass is 748 g/mol. The summed E-state index contributed by atoms with van der Waals surface area (Å²) in [6.45, 7) is 0. The zero-order valence-electron chi connectivity index (χ0n) is 30.6. The Labute approximate surface area is 331 Å². The lowest BCUT2D eigenvalue weighted by atomic mass is 10.0. The standard InChI is InChI=1S/C51H32N4OS/c1-3-14-31(15-4-1)49-52-50(32-16-5-2-6-17-32)54-51(53-49)41-24-12-22-39-38-21-11-20-34(46(38)56-47(39)41)33-28-29-37-40-23-13-27-44(48(40)57-45(37)30-33)55-42-25-9-7-18-35(42)36-19-8-10-26-43(36)55/h1-30,51H,(H,52,53,54). The number of aliphatic imine (C=N–C) groups is 2. The van der Waals surface area contributed by atoms with Crippen LogP contribution in [-0.2, 0) is 0 Å². The molecule has 4 heterocycles. The molecule has 0 amide bonds. The summed E-state index contributed by atoms with van der Waals surface area (Å²) >= 11 is 1.86. The molecule has 1 N–H and O–H groups in total. The van der Waals surface area contributed by atoms with Gasteiger partial charge in [-0.05, 0) is 29.8 Å². The van der Waals surface area contributed by atoms with Crippen molar-refractivity contribution in [2.45, 2.75) is 6.17 Å². The van der Waals surface area contributed by atoms with Crippen molar-refractivity contribution >= 4 is 86.9 Å². The minimum absolute atomic E-state index is 0.403. The summed E-state index contributed by atoms with van der Waals surface area (Å²) < 4.78 is 11.9. The first-order chi connectivity index (χ1) is 28.3. The molecule has 0 bridgehead atoms. The zero-order valence-corrected chi connectivity index (χ0v) is 31.4. The second kappa shape index (κ2) is 12.6. The van der Waals surface area contributed by atoms with Gasteiger partial charge in [0.25, 0.3) is 0 Å². The molecule has 1 aliphatic heterocycles. The molecule has 1 aliphatic rings. The molecular formula is C51H32N4OS. The summed E-state index contributed by atoms with van der Waals surface area (Å²) in [7, 11) is 0. The number of benzene rings is 8. The zero-order chi connectivity index (χ0) is 37.5. The first-order valence-corrected chi connectivity index (χ1v) is 20.0. The average molecular weight is 749 g/mol. The van der Waals surface area contributed by atoms with Gasteiger partial charge in [-0.15, -0.1) is 11.3 Å². The van der Waals surface area contributed by atoms with Crippen LogP contribution in [0.5, 0.6) is 0 Å². The highest BCUT2D eigenvalue weighted by Gasteiger charge is 2.25. The Hall–Kier alpha value is -7.28. The van der Waals surface area contributed by atoms with E-state index in [1.807, 2.05) is 47.7 Å². The van der Waals surface area contributed by atoms with Crippen molar-refractivity contribution in [1.82, 2.24) is 9.88 Å². The van der Waals surface area contributed by atoms with Crippen LogP contribution in [-0.4, -0.2) is 16.2 Å². The lowest BCUT2D eigenvalue weighted by Gasteiger charge is -2.23. The van der Waals surface area contributed by atoms with Gasteiger partial charge in [-0.1, -0.05) is 158 Å². The number of aromatic nitrogens is 1. The van der Waals surface area contributed by atoms with Gasteiger partial charge in [0.1, 0.15) is 17.0 Å². The van der Waals surface area contributed by atoms with Crippen LogP contribution in [0, 0.1) is 0 Å². The van der Waals surface area contributed by atoms with Crippen molar-refractivity contribution in [3.63, 3.8) is 0 Å². The number of hydrogen-bond donors (Lipinski definition) is 1. The Morgan fingerprint density at radius 2 is 1.14 bits per heavy atom. The topological polar surface area (TPSA) is 54.8 Å².